The van der Waals surface area contributed by atoms with E-state index in [9.17, 15) is 0 Å². The van der Waals surface area contributed by atoms with Crippen molar-refractivity contribution < 1.29 is 4.42 Å². The molecule has 266 valence electrons. The van der Waals surface area contributed by atoms with Crippen molar-refractivity contribution in [2.45, 2.75) is 0 Å². The number of furan rings is 1. The Morgan fingerprint density at radius 1 is 0.386 bits per heavy atom. The second-order valence-corrected chi connectivity index (χ2v) is 14.6. The maximum absolute atomic E-state index is 6.60. The van der Waals surface area contributed by atoms with Crippen molar-refractivity contribution in [3.63, 3.8) is 0 Å². The van der Waals surface area contributed by atoms with E-state index in [0.717, 1.165) is 93.9 Å². The van der Waals surface area contributed by atoms with E-state index < -0.39 is 0 Å². The Hall–Kier alpha value is -7.76. The predicted octanol–water partition coefficient (Wildman–Crippen LogP) is 13.6. The molecular formula is C52H32N4O. The van der Waals surface area contributed by atoms with Crippen molar-refractivity contribution in [2.24, 2.45) is 0 Å². The largest absolute Gasteiger partial charge is 0.455 e. The minimum absolute atomic E-state index is 0.595. The van der Waals surface area contributed by atoms with Gasteiger partial charge in [0, 0.05) is 49.1 Å². The Bertz CT molecular complexity index is 3500. The van der Waals surface area contributed by atoms with Crippen molar-refractivity contribution in [1.82, 2.24) is 19.1 Å². The van der Waals surface area contributed by atoms with Gasteiger partial charge in [0.1, 0.15) is 11.2 Å². The predicted molar refractivity (Wildman–Crippen MR) is 234 cm³/mol. The lowest BCUT2D eigenvalue weighted by Crippen LogP contribution is -2.04. The Labute approximate surface area is 327 Å². The zero-order valence-electron chi connectivity index (χ0n) is 30.7. The van der Waals surface area contributed by atoms with Crippen molar-refractivity contribution >= 4 is 65.6 Å². The van der Waals surface area contributed by atoms with Crippen LogP contribution < -0.4 is 0 Å². The number of para-hydroxylation sites is 5. The number of fused-ring (bicyclic) bond motifs is 10. The minimum atomic E-state index is 0.595. The molecule has 0 N–H and O–H groups in total. The molecule has 0 atom stereocenters. The van der Waals surface area contributed by atoms with E-state index in [-0.39, 0.29) is 0 Å². The summed E-state index contributed by atoms with van der Waals surface area (Å²) in [7, 11) is 0. The number of aromatic nitrogens is 4. The lowest BCUT2D eigenvalue weighted by Gasteiger charge is -2.13. The molecule has 5 nitrogen and oxygen atoms in total. The lowest BCUT2D eigenvalue weighted by atomic mass is 10.0. The summed E-state index contributed by atoms with van der Waals surface area (Å²) in [6.07, 6.45) is 0. The highest BCUT2D eigenvalue weighted by Crippen LogP contribution is 2.43. The molecule has 5 heteroatoms. The third-order valence-corrected chi connectivity index (χ3v) is 11.4. The molecule has 0 amide bonds. The first-order valence-electron chi connectivity index (χ1n) is 19.3. The van der Waals surface area contributed by atoms with Gasteiger partial charge < -0.3 is 8.98 Å². The first-order valence-corrected chi connectivity index (χ1v) is 19.3. The van der Waals surface area contributed by atoms with Gasteiger partial charge in [0.2, 0.25) is 5.95 Å². The van der Waals surface area contributed by atoms with Crippen LogP contribution >= 0.6 is 0 Å². The summed E-state index contributed by atoms with van der Waals surface area (Å²) < 4.78 is 11.2. The van der Waals surface area contributed by atoms with Gasteiger partial charge in [-0.25, -0.2) is 9.97 Å². The molecule has 0 aliphatic carbocycles. The second kappa shape index (κ2) is 12.4. The molecule has 0 aliphatic rings. The third-order valence-electron chi connectivity index (χ3n) is 11.4. The topological polar surface area (TPSA) is 48.8 Å². The molecule has 0 saturated carbocycles. The Morgan fingerprint density at radius 3 is 1.81 bits per heavy atom. The van der Waals surface area contributed by atoms with Crippen LogP contribution in [-0.2, 0) is 0 Å². The molecule has 0 bridgehead atoms. The van der Waals surface area contributed by atoms with Gasteiger partial charge in [0.25, 0.3) is 0 Å². The van der Waals surface area contributed by atoms with Gasteiger partial charge >= 0.3 is 0 Å². The molecule has 12 aromatic rings. The standard InChI is InChI=1S/C52H32N4O/c1-3-14-33(15-4-1)34-26-28-35(29-27-34)43-32-44(41-22-13-21-40-38-19-9-12-25-48(38)57-51(40)41)54-52(53-43)56-45-23-10-7-18-37(45)39-30-31-47-49(50(39)56)42-20-8-11-24-46(42)55(47)36-16-5-2-6-17-36/h1-32H. The molecule has 8 aromatic carbocycles. The monoisotopic (exact) mass is 728 g/mol. The quantitative estimate of drug-likeness (QED) is 0.177. The maximum Gasteiger partial charge on any atom is 0.235 e. The van der Waals surface area contributed by atoms with E-state index >= 15 is 0 Å². The van der Waals surface area contributed by atoms with Crippen LogP contribution in [0.25, 0.3) is 111 Å². The normalized spacial score (nSPS) is 11.9. The molecule has 0 radical (unpaired) electrons. The van der Waals surface area contributed by atoms with E-state index in [0.29, 0.717) is 5.95 Å². The zero-order valence-corrected chi connectivity index (χ0v) is 30.7. The number of rotatable bonds is 5. The molecule has 57 heavy (non-hydrogen) atoms. The highest BCUT2D eigenvalue weighted by atomic mass is 16.3. The Morgan fingerprint density at radius 2 is 1.00 bits per heavy atom. The summed E-state index contributed by atoms with van der Waals surface area (Å²) in [4.78, 5) is 11.0. The number of hydrogen-bond donors (Lipinski definition) is 0. The third kappa shape index (κ3) is 4.82. The summed E-state index contributed by atoms with van der Waals surface area (Å²) in [5.74, 6) is 0.595. The lowest BCUT2D eigenvalue weighted by molar-refractivity contribution is 0.670. The summed E-state index contributed by atoms with van der Waals surface area (Å²) in [6.45, 7) is 0. The fourth-order valence-electron chi connectivity index (χ4n) is 8.80. The van der Waals surface area contributed by atoms with Gasteiger partial charge in [-0.15, -0.1) is 0 Å². The van der Waals surface area contributed by atoms with Crippen molar-refractivity contribution in [1.29, 1.82) is 0 Å². The van der Waals surface area contributed by atoms with Crippen molar-refractivity contribution in [3.8, 4) is 45.3 Å². The van der Waals surface area contributed by atoms with Gasteiger partial charge in [-0.3, -0.25) is 4.57 Å². The Kier molecular flexibility index (Phi) is 6.86. The van der Waals surface area contributed by atoms with Gasteiger partial charge in [-0.05, 0) is 59.7 Å². The zero-order chi connectivity index (χ0) is 37.5. The molecule has 0 saturated heterocycles. The van der Waals surface area contributed by atoms with Gasteiger partial charge in [-0.2, -0.15) is 0 Å². The van der Waals surface area contributed by atoms with E-state index in [1.165, 1.54) is 10.9 Å². The van der Waals surface area contributed by atoms with E-state index in [4.69, 9.17) is 14.4 Å². The summed E-state index contributed by atoms with van der Waals surface area (Å²) in [5.41, 5.74) is 13.0. The SMILES string of the molecule is c1ccc(-c2ccc(-c3cc(-c4cccc5c4oc4ccccc45)nc(-n4c5ccccc5c5ccc6c(c7ccccc7n6-c6ccccc6)c54)n3)cc2)cc1. The average molecular weight is 729 g/mol. The van der Waals surface area contributed by atoms with Crippen LogP contribution in [0.5, 0.6) is 0 Å². The van der Waals surface area contributed by atoms with E-state index in [1.807, 2.05) is 18.2 Å². The van der Waals surface area contributed by atoms with Gasteiger partial charge in [0.05, 0.1) is 33.5 Å². The molecule has 0 aliphatic heterocycles. The van der Waals surface area contributed by atoms with E-state index in [2.05, 4.69) is 185 Å². The summed E-state index contributed by atoms with van der Waals surface area (Å²) in [6, 6.07) is 68.2. The summed E-state index contributed by atoms with van der Waals surface area (Å²) >= 11 is 0. The summed E-state index contributed by atoms with van der Waals surface area (Å²) in [5, 5.41) is 6.77. The van der Waals surface area contributed by atoms with Crippen LogP contribution in [0.1, 0.15) is 0 Å². The van der Waals surface area contributed by atoms with Crippen LogP contribution in [0.2, 0.25) is 0 Å². The minimum Gasteiger partial charge on any atom is -0.455 e. The number of benzene rings is 8. The molecule has 12 rings (SSSR count). The van der Waals surface area contributed by atoms with Gasteiger partial charge in [-0.1, -0.05) is 146 Å². The highest BCUT2D eigenvalue weighted by molar-refractivity contribution is 6.26. The Balaban J connectivity index is 1.18. The first-order chi connectivity index (χ1) is 28.3. The van der Waals surface area contributed by atoms with Crippen LogP contribution in [0.3, 0.4) is 0 Å². The molecule has 0 unspecified atom stereocenters. The highest BCUT2D eigenvalue weighted by Gasteiger charge is 2.23. The van der Waals surface area contributed by atoms with Crippen molar-refractivity contribution in [3.05, 3.63) is 194 Å². The molecule has 0 fully saturated rings. The first kappa shape index (κ1) is 31.6. The van der Waals surface area contributed by atoms with Crippen molar-refractivity contribution in [2.75, 3.05) is 0 Å². The maximum atomic E-state index is 6.60. The van der Waals surface area contributed by atoms with Crippen LogP contribution in [0.15, 0.2) is 199 Å². The average Bonchev–Trinajstić information content (AvgIpc) is 3.95. The van der Waals surface area contributed by atoms with Crippen LogP contribution in [-0.4, -0.2) is 19.1 Å². The van der Waals surface area contributed by atoms with Crippen LogP contribution in [0.4, 0.5) is 0 Å². The van der Waals surface area contributed by atoms with E-state index in [1.54, 1.807) is 0 Å². The van der Waals surface area contributed by atoms with Gasteiger partial charge in [0.15, 0.2) is 0 Å². The molecule has 4 heterocycles. The number of nitrogens with zero attached hydrogens (tertiary/aromatic N) is 4. The number of hydrogen-bond acceptors (Lipinski definition) is 3. The fraction of sp³-hybridized carbons (Fsp3) is 0. The van der Waals surface area contributed by atoms with Crippen LogP contribution in [0, 0.1) is 0 Å². The molecule has 4 aromatic heterocycles. The fourth-order valence-corrected chi connectivity index (χ4v) is 8.80. The smallest absolute Gasteiger partial charge is 0.235 e. The second-order valence-electron chi connectivity index (χ2n) is 14.6. The molecule has 0 spiro atoms. The molecular weight excluding hydrogens is 697 g/mol.